The zero-order valence-corrected chi connectivity index (χ0v) is 15.7. The van der Waals surface area contributed by atoms with Crippen molar-refractivity contribution in [3.63, 3.8) is 0 Å². The van der Waals surface area contributed by atoms with Crippen LogP contribution < -0.4 is 15.2 Å². The monoisotopic (exact) mass is 359 g/mol. The Kier molecular flexibility index (Phi) is 6.77. The molecule has 0 fully saturated rings. The van der Waals surface area contributed by atoms with Gasteiger partial charge in [0.1, 0.15) is 0 Å². The second-order valence-electron chi connectivity index (χ2n) is 5.76. The molecule has 7 nitrogen and oxygen atoms in total. The Morgan fingerprint density at radius 2 is 1.88 bits per heavy atom. The van der Waals surface area contributed by atoms with Gasteiger partial charge in [0.25, 0.3) is 5.56 Å². The molecular formula is C19H25N3O4. The van der Waals surface area contributed by atoms with Crippen molar-refractivity contribution in [3.8, 4) is 5.75 Å². The summed E-state index contributed by atoms with van der Waals surface area (Å²) in [7, 11) is 3.45. The number of carbonyl (C=O) groups excluding carboxylic acids is 1. The predicted octanol–water partition coefficient (Wildman–Crippen LogP) is 2.03. The Balaban J connectivity index is 2.34. The maximum absolute atomic E-state index is 12.7. The van der Waals surface area contributed by atoms with Crippen molar-refractivity contribution in [2.45, 2.75) is 20.3 Å². The molecule has 1 heterocycles. The fraction of sp³-hybridized carbons (Fsp3) is 0.421. The lowest BCUT2D eigenvalue weighted by molar-refractivity contribution is 0.0513. The number of anilines is 1. The zero-order valence-electron chi connectivity index (χ0n) is 15.7. The van der Waals surface area contributed by atoms with E-state index in [0.29, 0.717) is 12.5 Å². The van der Waals surface area contributed by atoms with E-state index in [4.69, 9.17) is 9.47 Å². The van der Waals surface area contributed by atoms with E-state index in [-0.39, 0.29) is 24.7 Å². The van der Waals surface area contributed by atoms with Gasteiger partial charge in [0.2, 0.25) is 11.7 Å². The van der Waals surface area contributed by atoms with Crippen molar-refractivity contribution in [2.75, 3.05) is 31.7 Å². The normalized spacial score (nSPS) is 10.5. The smallest absolute Gasteiger partial charge is 0.361 e. The molecule has 0 saturated carbocycles. The summed E-state index contributed by atoms with van der Waals surface area (Å²) in [5.74, 6) is -0.350. The van der Waals surface area contributed by atoms with Gasteiger partial charge in [-0.05, 0) is 25.8 Å². The van der Waals surface area contributed by atoms with Gasteiger partial charge in [-0.25, -0.2) is 9.78 Å². The van der Waals surface area contributed by atoms with E-state index < -0.39 is 11.5 Å². The maximum Gasteiger partial charge on any atom is 0.361 e. The third-order valence-corrected chi connectivity index (χ3v) is 3.90. The van der Waals surface area contributed by atoms with Gasteiger partial charge in [0, 0.05) is 20.6 Å². The van der Waals surface area contributed by atoms with Gasteiger partial charge in [0.15, 0.2) is 5.69 Å². The molecule has 0 saturated heterocycles. The highest BCUT2D eigenvalue weighted by Crippen LogP contribution is 2.17. The average Bonchev–Trinajstić information content (AvgIpc) is 2.65. The highest BCUT2D eigenvalue weighted by Gasteiger charge is 2.24. The van der Waals surface area contributed by atoms with Crippen LogP contribution in [0.1, 0.15) is 29.9 Å². The van der Waals surface area contributed by atoms with E-state index in [1.165, 1.54) is 10.1 Å². The van der Waals surface area contributed by atoms with Crippen LogP contribution in [0.3, 0.4) is 0 Å². The van der Waals surface area contributed by atoms with Crippen molar-refractivity contribution in [1.82, 2.24) is 9.55 Å². The maximum atomic E-state index is 12.7. The van der Waals surface area contributed by atoms with Crippen molar-refractivity contribution in [3.05, 3.63) is 51.9 Å². The molecule has 0 radical (unpaired) electrons. The molecule has 140 valence electrons. The quantitative estimate of drug-likeness (QED) is 0.672. The number of ether oxygens (including phenoxy) is 2. The van der Waals surface area contributed by atoms with E-state index in [1.807, 2.05) is 42.3 Å². The molecule has 0 aliphatic rings. The van der Waals surface area contributed by atoms with Crippen LogP contribution in [0.5, 0.6) is 5.75 Å². The number of hydrogen-bond acceptors (Lipinski definition) is 6. The Morgan fingerprint density at radius 1 is 1.19 bits per heavy atom. The highest BCUT2D eigenvalue weighted by atomic mass is 16.5. The largest absolute Gasteiger partial charge is 0.486 e. The van der Waals surface area contributed by atoms with Gasteiger partial charge in [-0.1, -0.05) is 30.3 Å². The van der Waals surface area contributed by atoms with Gasteiger partial charge in [-0.15, -0.1) is 0 Å². The number of nitrogens with zero attached hydrogens (tertiary/aromatic N) is 3. The molecule has 0 N–H and O–H groups in total. The Hall–Kier alpha value is -2.83. The second-order valence-corrected chi connectivity index (χ2v) is 5.76. The third-order valence-electron chi connectivity index (χ3n) is 3.90. The summed E-state index contributed by atoms with van der Waals surface area (Å²) >= 11 is 0. The lowest BCUT2D eigenvalue weighted by atomic mass is 10.1. The number of rotatable bonds is 8. The van der Waals surface area contributed by atoms with Gasteiger partial charge in [-0.2, -0.15) is 0 Å². The first-order valence-electron chi connectivity index (χ1n) is 8.65. The van der Waals surface area contributed by atoms with Crippen LogP contribution in [0.25, 0.3) is 0 Å². The minimum Gasteiger partial charge on any atom is -0.486 e. The molecule has 0 unspecified atom stereocenters. The van der Waals surface area contributed by atoms with Crippen LogP contribution in [0.2, 0.25) is 0 Å². The van der Waals surface area contributed by atoms with Crippen molar-refractivity contribution in [1.29, 1.82) is 0 Å². The zero-order chi connectivity index (χ0) is 19.1. The lowest BCUT2D eigenvalue weighted by Crippen LogP contribution is -2.33. The number of hydrogen-bond donors (Lipinski definition) is 0. The average molecular weight is 359 g/mol. The van der Waals surface area contributed by atoms with E-state index in [9.17, 15) is 9.59 Å². The summed E-state index contributed by atoms with van der Waals surface area (Å²) in [6.45, 7) is 4.54. The molecule has 0 spiro atoms. The van der Waals surface area contributed by atoms with Crippen molar-refractivity contribution >= 4 is 11.9 Å². The van der Waals surface area contributed by atoms with E-state index in [1.54, 1.807) is 20.9 Å². The number of benzene rings is 1. The summed E-state index contributed by atoms with van der Waals surface area (Å²) in [6, 6.07) is 10.0. The minimum atomic E-state index is -0.661. The van der Waals surface area contributed by atoms with Crippen molar-refractivity contribution in [2.24, 2.45) is 7.05 Å². The van der Waals surface area contributed by atoms with Gasteiger partial charge in [-0.3, -0.25) is 9.36 Å². The third kappa shape index (κ3) is 4.41. The highest BCUT2D eigenvalue weighted by molar-refractivity contribution is 5.90. The summed E-state index contributed by atoms with van der Waals surface area (Å²) in [4.78, 5) is 31.1. The lowest BCUT2D eigenvalue weighted by Gasteiger charge is -2.22. The van der Waals surface area contributed by atoms with E-state index in [2.05, 4.69) is 4.98 Å². The fourth-order valence-electron chi connectivity index (χ4n) is 2.57. The second kappa shape index (κ2) is 9.03. The van der Waals surface area contributed by atoms with Crippen LogP contribution >= 0.6 is 0 Å². The van der Waals surface area contributed by atoms with Crippen LogP contribution in [0.4, 0.5) is 5.95 Å². The fourth-order valence-corrected chi connectivity index (χ4v) is 2.57. The standard InChI is InChI=1S/C19H25N3O4/c1-5-25-16-15(18(24)26-6-2)20-19(22(4)17(16)23)21(3)13-12-14-10-8-7-9-11-14/h7-11H,5-6,12-13H2,1-4H3. The Bertz CT molecular complexity index is 802. The molecule has 1 aromatic heterocycles. The number of esters is 1. The summed E-state index contributed by atoms with van der Waals surface area (Å²) in [5, 5.41) is 0. The molecule has 26 heavy (non-hydrogen) atoms. The Labute approximate surface area is 153 Å². The molecule has 7 heteroatoms. The van der Waals surface area contributed by atoms with Gasteiger partial charge < -0.3 is 14.4 Å². The molecular weight excluding hydrogens is 334 g/mol. The molecule has 2 rings (SSSR count). The van der Waals surface area contributed by atoms with Gasteiger partial charge in [0.05, 0.1) is 13.2 Å². The molecule has 0 amide bonds. The van der Waals surface area contributed by atoms with Crippen LogP contribution in [-0.4, -0.2) is 42.3 Å². The van der Waals surface area contributed by atoms with Gasteiger partial charge >= 0.3 is 5.97 Å². The summed E-state index contributed by atoms with van der Waals surface area (Å²) < 4.78 is 11.8. The van der Waals surface area contributed by atoms with E-state index >= 15 is 0 Å². The summed E-state index contributed by atoms with van der Waals surface area (Å²) in [5.41, 5.74) is 0.686. The summed E-state index contributed by atoms with van der Waals surface area (Å²) in [6.07, 6.45) is 0.787. The van der Waals surface area contributed by atoms with Crippen LogP contribution in [-0.2, 0) is 18.2 Å². The molecule has 0 atom stereocenters. The predicted molar refractivity (Wildman–Crippen MR) is 100 cm³/mol. The SMILES string of the molecule is CCOC(=O)c1nc(N(C)CCc2ccccc2)n(C)c(=O)c1OCC. The Morgan fingerprint density at radius 3 is 2.50 bits per heavy atom. The number of aromatic nitrogens is 2. The van der Waals surface area contributed by atoms with Crippen LogP contribution in [0, 0.1) is 0 Å². The minimum absolute atomic E-state index is 0.0753. The molecule has 0 aliphatic heterocycles. The molecule has 2 aromatic rings. The van der Waals surface area contributed by atoms with Crippen molar-refractivity contribution < 1.29 is 14.3 Å². The number of carbonyl (C=O) groups is 1. The first-order valence-corrected chi connectivity index (χ1v) is 8.65. The first-order chi connectivity index (χ1) is 12.5. The van der Waals surface area contributed by atoms with E-state index in [0.717, 1.165) is 6.42 Å². The molecule has 0 aliphatic carbocycles. The number of likely N-dealkylation sites (N-methyl/N-ethyl adjacent to an activating group) is 1. The molecule has 1 aromatic carbocycles. The topological polar surface area (TPSA) is 73.7 Å². The van der Waals surface area contributed by atoms with Crippen LogP contribution in [0.15, 0.2) is 35.1 Å². The first kappa shape index (κ1) is 19.5. The molecule has 0 bridgehead atoms.